The second kappa shape index (κ2) is 6.69. The predicted octanol–water partition coefficient (Wildman–Crippen LogP) is 3.35. The Morgan fingerprint density at radius 2 is 2.05 bits per heavy atom. The summed E-state index contributed by atoms with van der Waals surface area (Å²) in [5.41, 5.74) is 5.07. The fourth-order valence-corrected chi connectivity index (χ4v) is 2.95. The molecule has 1 fully saturated rings. The summed E-state index contributed by atoms with van der Waals surface area (Å²) in [5.74, 6) is -0.539. The zero-order chi connectivity index (χ0) is 16.3. The highest BCUT2D eigenvalue weighted by atomic mass is 19.4. The topological polar surface area (TPSA) is 46.3 Å². The van der Waals surface area contributed by atoms with E-state index in [1.807, 2.05) is 0 Å². The number of piperidine rings is 1. The van der Waals surface area contributed by atoms with Gasteiger partial charge in [0.1, 0.15) is 0 Å². The zero-order valence-corrected chi connectivity index (χ0v) is 12.6. The third-order valence-corrected chi connectivity index (χ3v) is 4.19. The number of nitrogens with zero attached hydrogens (tertiary/aromatic N) is 1. The van der Waals surface area contributed by atoms with Gasteiger partial charge in [-0.3, -0.25) is 4.79 Å². The van der Waals surface area contributed by atoms with Gasteiger partial charge in [-0.15, -0.1) is 0 Å². The highest BCUT2D eigenvalue weighted by Crippen LogP contribution is 2.40. The zero-order valence-electron chi connectivity index (χ0n) is 12.6. The lowest BCUT2D eigenvalue weighted by Gasteiger charge is -2.38. The van der Waals surface area contributed by atoms with Gasteiger partial charge in [0.2, 0.25) is 5.91 Å². The van der Waals surface area contributed by atoms with Gasteiger partial charge in [0.15, 0.2) is 0 Å². The van der Waals surface area contributed by atoms with Crippen molar-refractivity contribution in [2.45, 2.75) is 38.4 Å². The van der Waals surface area contributed by atoms with Crippen LogP contribution in [0.5, 0.6) is 0 Å². The molecule has 1 aliphatic heterocycles. The van der Waals surface area contributed by atoms with E-state index in [0.29, 0.717) is 13.0 Å². The molecule has 22 heavy (non-hydrogen) atoms. The van der Waals surface area contributed by atoms with Crippen LogP contribution in [-0.4, -0.2) is 23.9 Å². The first kappa shape index (κ1) is 16.8. The van der Waals surface area contributed by atoms with Crippen molar-refractivity contribution < 1.29 is 18.0 Å². The first-order chi connectivity index (χ1) is 10.4. The van der Waals surface area contributed by atoms with E-state index < -0.39 is 17.8 Å². The molecular weight excluding hydrogens is 293 g/mol. The second-order valence-electron chi connectivity index (χ2n) is 5.76. The van der Waals surface area contributed by atoms with Crippen molar-refractivity contribution in [3.8, 4) is 0 Å². The minimum atomic E-state index is -4.41. The summed E-state index contributed by atoms with van der Waals surface area (Å²) >= 11 is 0. The molecule has 0 aliphatic carbocycles. The number of nitrogens with two attached hydrogens (primary N) is 1. The van der Waals surface area contributed by atoms with E-state index in [9.17, 15) is 18.0 Å². The Morgan fingerprint density at radius 1 is 1.36 bits per heavy atom. The smallest absolute Gasteiger partial charge is 0.335 e. The molecule has 1 saturated heterocycles. The Morgan fingerprint density at radius 3 is 2.68 bits per heavy atom. The van der Waals surface area contributed by atoms with E-state index in [2.05, 4.69) is 0 Å². The van der Waals surface area contributed by atoms with Crippen LogP contribution < -0.4 is 5.73 Å². The lowest BCUT2D eigenvalue weighted by molar-refractivity contribution is -0.143. The Bertz CT molecular complexity index is 530. The van der Waals surface area contributed by atoms with Crippen molar-refractivity contribution in [3.05, 3.63) is 35.4 Å². The van der Waals surface area contributed by atoms with Gasteiger partial charge in [-0.05, 0) is 30.9 Å². The third kappa shape index (κ3) is 3.43. The van der Waals surface area contributed by atoms with E-state index in [1.54, 1.807) is 17.9 Å². The molecule has 122 valence electrons. The molecular formula is C16H21F3N2O. The lowest BCUT2D eigenvalue weighted by Crippen LogP contribution is -2.43. The number of amides is 1. The quantitative estimate of drug-likeness (QED) is 0.930. The second-order valence-corrected chi connectivity index (χ2v) is 5.76. The van der Waals surface area contributed by atoms with Crippen molar-refractivity contribution in [2.75, 3.05) is 13.1 Å². The summed E-state index contributed by atoms with van der Waals surface area (Å²) in [4.78, 5) is 14.0. The van der Waals surface area contributed by atoms with Crippen LogP contribution in [0.1, 0.15) is 43.4 Å². The van der Waals surface area contributed by atoms with Crippen LogP contribution in [0.25, 0.3) is 0 Å². The summed E-state index contributed by atoms with van der Waals surface area (Å²) in [7, 11) is 0. The highest BCUT2D eigenvalue weighted by Gasteiger charge is 2.38. The average Bonchev–Trinajstić information content (AvgIpc) is 2.52. The first-order valence-corrected chi connectivity index (χ1v) is 7.53. The average molecular weight is 314 g/mol. The van der Waals surface area contributed by atoms with E-state index in [1.165, 1.54) is 12.1 Å². The molecule has 1 aromatic rings. The Balaban J connectivity index is 2.38. The summed E-state index contributed by atoms with van der Waals surface area (Å²) < 4.78 is 39.7. The molecule has 0 radical (unpaired) electrons. The summed E-state index contributed by atoms with van der Waals surface area (Å²) in [5, 5.41) is 0. The maximum atomic E-state index is 13.2. The number of benzene rings is 1. The molecule has 0 aromatic heterocycles. The molecule has 1 aliphatic rings. The number of carbonyl (C=O) groups is 1. The lowest BCUT2D eigenvalue weighted by atomic mass is 9.90. The monoisotopic (exact) mass is 314 g/mol. The largest absolute Gasteiger partial charge is 0.416 e. The van der Waals surface area contributed by atoms with Crippen LogP contribution in [0.3, 0.4) is 0 Å². The van der Waals surface area contributed by atoms with Crippen molar-refractivity contribution in [1.29, 1.82) is 0 Å². The van der Waals surface area contributed by atoms with Crippen LogP contribution in [0, 0.1) is 5.92 Å². The van der Waals surface area contributed by atoms with Crippen LogP contribution in [0.15, 0.2) is 24.3 Å². The van der Waals surface area contributed by atoms with Crippen molar-refractivity contribution >= 4 is 5.91 Å². The van der Waals surface area contributed by atoms with E-state index in [4.69, 9.17) is 5.73 Å². The van der Waals surface area contributed by atoms with Gasteiger partial charge in [-0.1, -0.05) is 25.1 Å². The first-order valence-electron chi connectivity index (χ1n) is 7.53. The molecule has 0 saturated carbocycles. The fourth-order valence-electron chi connectivity index (χ4n) is 2.95. The molecule has 1 amide bonds. The molecule has 2 rings (SSSR count). The van der Waals surface area contributed by atoms with Gasteiger partial charge >= 0.3 is 6.18 Å². The van der Waals surface area contributed by atoms with Crippen LogP contribution in [0.4, 0.5) is 13.2 Å². The van der Waals surface area contributed by atoms with E-state index >= 15 is 0 Å². The maximum absolute atomic E-state index is 13.2. The molecule has 3 nitrogen and oxygen atoms in total. The summed E-state index contributed by atoms with van der Waals surface area (Å²) in [6.45, 7) is 2.40. The fraction of sp³-hybridized carbons (Fsp3) is 0.562. The molecule has 0 spiro atoms. The van der Waals surface area contributed by atoms with E-state index in [0.717, 1.165) is 18.9 Å². The molecule has 2 atom stereocenters. The van der Waals surface area contributed by atoms with Gasteiger partial charge in [0.25, 0.3) is 0 Å². The number of likely N-dealkylation sites (tertiary alicyclic amines) is 1. The van der Waals surface area contributed by atoms with Gasteiger partial charge in [0.05, 0.1) is 11.6 Å². The van der Waals surface area contributed by atoms with Crippen LogP contribution in [-0.2, 0) is 11.0 Å². The SMILES string of the molecule is CC(CN)C(=O)N1CCCCC1c1ccccc1C(F)(F)F. The molecule has 6 heteroatoms. The molecule has 1 heterocycles. The number of hydrogen-bond donors (Lipinski definition) is 1. The van der Waals surface area contributed by atoms with Crippen LogP contribution in [0.2, 0.25) is 0 Å². The van der Waals surface area contributed by atoms with Crippen molar-refractivity contribution in [2.24, 2.45) is 11.7 Å². The van der Waals surface area contributed by atoms with Gasteiger partial charge in [-0.2, -0.15) is 13.2 Å². The van der Waals surface area contributed by atoms with Crippen molar-refractivity contribution in [3.63, 3.8) is 0 Å². The third-order valence-electron chi connectivity index (χ3n) is 4.19. The minimum absolute atomic E-state index is 0.163. The Kier molecular flexibility index (Phi) is 5.11. The summed E-state index contributed by atoms with van der Waals surface area (Å²) in [6, 6.07) is 5.01. The summed E-state index contributed by atoms with van der Waals surface area (Å²) in [6.07, 6.45) is -2.23. The van der Waals surface area contributed by atoms with Crippen molar-refractivity contribution in [1.82, 2.24) is 4.90 Å². The highest BCUT2D eigenvalue weighted by molar-refractivity contribution is 5.79. The number of hydrogen-bond acceptors (Lipinski definition) is 2. The van der Waals surface area contributed by atoms with Gasteiger partial charge in [-0.25, -0.2) is 0 Å². The van der Waals surface area contributed by atoms with Gasteiger partial charge < -0.3 is 10.6 Å². The Hall–Kier alpha value is -1.56. The molecule has 2 N–H and O–H groups in total. The normalized spacial score (nSPS) is 20.8. The van der Waals surface area contributed by atoms with Gasteiger partial charge in [0, 0.05) is 19.0 Å². The predicted molar refractivity (Wildman–Crippen MR) is 78.0 cm³/mol. The number of rotatable bonds is 3. The molecule has 0 bridgehead atoms. The molecule has 1 aromatic carbocycles. The Labute approximate surface area is 128 Å². The number of alkyl halides is 3. The van der Waals surface area contributed by atoms with E-state index in [-0.39, 0.29) is 23.9 Å². The minimum Gasteiger partial charge on any atom is -0.335 e. The molecule has 2 unspecified atom stereocenters. The maximum Gasteiger partial charge on any atom is 0.416 e. The number of halogens is 3. The standard InChI is InChI=1S/C16H21F3N2O/c1-11(10-20)15(22)21-9-5-4-8-14(21)12-6-2-3-7-13(12)16(17,18)19/h2-3,6-7,11,14H,4-5,8-10,20H2,1H3. The van der Waals surface area contributed by atoms with Crippen LogP contribution >= 0.6 is 0 Å². The number of carbonyl (C=O) groups excluding carboxylic acids is 1.